The summed E-state index contributed by atoms with van der Waals surface area (Å²) < 4.78 is 26.3. The minimum atomic E-state index is -3.52. The Balaban J connectivity index is 2.17. The van der Waals surface area contributed by atoms with Gasteiger partial charge in [-0.2, -0.15) is 0 Å². The zero-order chi connectivity index (χ0) is 24.8. The van der Waals surface area contributed by atoms with Gasteiger partial charge in [-0.1, -0.05) is 42.0 Å². The molecular formula is C25H35N3O4S. The number of nitrogens with zero attached hydrogens (tertiary/aromatic N) is 2. The topological polar surface area (TPSA) is 86.8 Å². The molecule has 0 aromatic heterocycles. The molecule has 33 heavy (non-hydrogen) atoms. The van der Waals surface area contributed by atoms with Gasteiger partial charge >= 0.3 is 0 Å². The van der Waals surface area contributed by atoms with Crippen molar-refractivity contribution in [2.45, 2.75) is 53.1 Å². The highest BCUT2D eigenvalue weighted by Crippen LogP contribution is 2.24. The lowest BCUT2D eigenvalue weighted by molar-refractivity contribution is -0.140. The molecule has 0 heterocycles. The summed E-state index contributed by atoms with van der Waals surface area (Å²) in [6.07, 6.45) is 1.64. The Labute approximate surface area is 197 Å². The Morgan fingerprint density at radius 2 is 1.61 bits per heavy atom. The number of carbonyl (C=O) groups excluding carboxylic acids is 2. The van der Waals surface area contributed by atoms with Crippen molar-refractivity contribution in [3.8, 4) is 0 Å². The monoisotopic (exact) mass is 473 g/mol. The summed E-state index contributed by atoms with van der Waals surface area (Å²) in [4.78, 5) is 27.0. The minimum absolute atomic E-state index is 0.129. The van der Waals surface area contributed by atoms with E-state index in [0.29, 0.717) is 18.7 Å². The first-order valence-corrected chi connectivity index (χ1v) is 12.9. The highest BCUT2D eigenvalue weighted by atomic mass is 32.2. The highest BCUT2D eigenvalue weighted by Gasteiger charge is 2.26. The molecule has 2 aromatic rings. The van der Waals surface area contributed by atoms with Gasteiger partial charge < -0.3 is 10.2 Å². The van der Waals surface area contributed by atoms with Crippen LogP contribution in [0.5, 0.6) is 0 Å². The second-order valence-electron chi connectivity index (χ2n) is 8.53. The third kappa shape index (κ3) is 7.32. The molecule has 2 amide bonds. The molecular weight excluding hydrogens is 438 g/mol. The number of hydrogen-bond acceptors (Lipinski definition) is 4. The summed E-state index contributed by atoms with van der Waals surface area (Å²) in [5.74, 6) is -0.440. The van der Waals surface area contributed by atoms with Crippen molar-refractivity contribution in [2.24, 2.45) is 0 Å². The maximum absolute atomic E-state index is 13.1. The number of likely N-dealkylation sites (N-methyl/N-ethyl adjacent to an activating group) is 1. The van der Waals surface area contributed by atoms with Gasteiger partial charge in [-0.25, -0.2) is 8.42 Å². The van der Waals surface area contributed by atoms with E-state index in [0.717, 1.165) is 22.3 Å². The smallest absolute Gasteiger partial charge is 0.242 e. The van der Waals surface area contributed by atoms with Gasteiger partial charge in [-0.15, -0.1) is 0 Å². The van der Waals surface area contributed by atoms with Gasteiger partial charge in [0.2, 0.25) is 21.8 Å². The van der Waals surface area contributed by atoms with Gasteiger partial charge in [0, 0.05) is 26.6 Å². The molecule has 1 N–H and O–H groups in total. The summed E-state index contributed by atoms with van der Waals surface area (Å²) in [5, 5.41) is 2.60. The summed E-state index contributed by atoms with van der Waals surface area (Å²) in [7, 11) is -1.97. The van der Waals surface area contributed by atoms with Crippen LogP contribution in [0.25, 0.3) is 0 Å². The molecule has 2 aromatic carbocycles. The standard InChI is InChI=1S/C25H35N3O4S/c1-18-10-13-22(14-11-18)17-27(21(4)25(30)26-5)24(29)8-7-15-28(33(6,31)32)23-16-19(2)9-12-20(23)3/h9-14,16,21H,7-8,15,17H2,1-6H3,(H,26,30). The van der Waals surface area contributed by atoms with Crippen LogP contribution in [0.4, 0.5) is 5.69 Å². The van der Waals surface area contributed by atoms with Crippen LogP contribution in [0.2, 0.25) is 0 Å². The number of benzene rings is 2. The van der Waals surface area contributed by atoms with E-state index in [9.17, 15) is 18.0 Å². The number of nitrogens with one attached hydrogen (secondary N) is 1. The van der Waals surface area contributed by atoms with Crippen LogP contribution in [-0.4, -0.2) is 51.0 Å². The number of amides is 2. The van der Waals surface area contributed by atoms with Crippen LogP contribution in [0, 0.1) is 20.8 Å². The Kier molecular flexibility index (Phi) is 9.05. The molecule has 0 bridgehead atoms. The number of anilines is 1. The van der Waals surface area contributed by atoms with Crippen LogP contribution < -0.4 is 9.62 Å². The van der Waals surface area contributed by atoms with E-state index in [1.807, 2.05) is 63.2 Å². The Hall–Kier alpha value is -2.87. The quantitative estimate of drug-likeness (QED) is 0.574. The van der Waals surface area contributed by atoms with Crippen LogP contribution in [0.15, 0.2) is 42.5 Å². The Bertz CT molecular complexity index is 1080. The van der Waals surface area contributed by atoms with E-state index >= 15 is 0 Å². The van der Waals surface area contributed by atoms with Gasteiger partial charge in [0.1, 0.15) is 6.04 Å². The van der Waals surface area contributed by atoms with E-state index in [-0.39, 0.29) is 24.8 Å². The lowest BCUT2D eigenvalue weighted by Crippen LogP contribution is -2.46. The lowest BCUT2D eigenvalue weighted by Gasteiger charge is -2.29. The van der Waals surface area contributed by atoms with Crippen molar-refractivity contribution in [3.63, 3.8) is 0 Å². The molecule has 2 rings (SSSR count). The number of sulfonamides is 1. The number of rotatable bonds is 10. The van der Waals surface area contributed by atoms with Gasteiger partial charge in [-0.05, 0) is 56.9 Å². The molecule has 0 aliphatic rings. The van der Waals surface area contributed by atoms with Crippen molar-refractivity contribution in [1.82, 2.24) is 10.2 Å². The average Bonchev–Trinajstić information content (AvgIpc) is 2.76. The molecule has 1 atom stereocenters. The summed E-state index contributed by atoms with van der Waals surface area (Å²) in [6, 6.07) is 12.8. The van der Waals surface area contributed by atoms with Crippen molar-refractivity contribution < 1.29 is 18.0 Å². The fourth-order valence-corrected chi connectivity index (χ4v) is 4.67. The molecule has 0 aliphatic carbocycles. The van der Waals surface area contributed by atoms with Crippen LogP contribution in [-0.2, 0) is 26.2 Å². The van der Waals surface area contributed by atoms with Crippen LogP contribution >= 0.6 is 0 Å². The fourth-order valence-electron chi connectivity index (χ4n) is 3.65. The number of aryl methyl sites for hydroxylation is 3. The predicted octanol–water partition coefficient (Wildman–Crippen LogP) is 3.32. The second kappa shape index (κ2) is 11.3. The Morgan fingerprint density at radius 3 is 2.18 bits per heavy atom. The molecule has 0 saturated heterocycles. The van der Waals surface area contributed by atoms with Gasteiger partial charge in [-0.3, -0.25) is 13.9 Å². The third-order valence-corrected chi connectivity index (χ3v) is 6.85. The maximum Gasteiger partial charge on any atom is 0.242 e. The summed E-state index contributed by atoms with van der Waals surface area (Å²) in [5.41, 5.74) is 4.48. The first-order valence-electron chi connectivity index (χ1n) is 11.1. The van der Waals surface area contributed by atoms with E-state index in [1.54, 1.807) is 18.9 Å². The highest BCUT2D eigenvalue weighted by molar-refractivity contribution is 7.92. The van der Waals surface area contributed by atoms with E-state index in [1.165, 1.54) is 10.6 Å². The Morgan fingerprint density at radius 1 is 1.00 bits per heavy atom. The minimum Gasteiger partial charge on any atom is -0.357 e. The zero-order valence-electron chi connectivity index (χ0n) is 20.4. The molecule has 1 unspecified atom stereocenters. The van der Waals surface area contributed by atoms with Gasteiger partial charge in [0.15, 0.2) is 0 Å². The maximum atomic E-state index is 13.1. The first kappa shape index (κ1) is 26.4. The number of hydrogen-bond donors (Lipinski definition) is 1. The van der Waals surface area contributed by atoms with Crippen molar-refractivity contribution in [1.29, 1.82) is 0 Å². The van der Waals surface area contributed by atoms with Crippen molar-refractivity contribution in [2.75, 3.05) is 24.2 Å². The molecule has 8 heteroatoms. The SMILES string of the molecule is CNC(=O)C(C)N(Cc1ccc(C)cc1)C(=O)CCCN(c1cc(C)ccc1C)S(C)(=O)=O. The van der Waals surface area contributed by atoms with Crippen LogP contribution in [0.3, 0.4) is 0 Å². The molecule has 180 valence electrons. The predicted molar refractivity (Wildman–Crippen MR) is 133 cm³/mol. The first-order chi connectivity index (χ1) is 15.4. The summed E-state index contributed by atoms with van der Waals surface area (Å²) >= 11 is 0. The molecule has 0 aliphatic heterocycles. The molecule has 0 radical (unpaired) electrons. The van der Waals surface area contributed by atoms with Crippen molar-refractivity contribution >= 4 is 27.5 Å². The van der Waals surface area contributed by atoms with E-state index < -0.39 is 16.1 Å². The number of carbonyl (C=O) groups is 2. The molecule has 7 nitrogen and oxygen atoms in total. The van der Waals surface area contributed by atoms with Gasteiger partial charge in [0.25, 0.3) is 0 Å². The largest absolute Gasteiger partial charge is 0.357 e. The van der Waals surface area contributed by atoms with Crippen molar-refractivity contribution in [3.05, 3.63) is 64.7 Å². The average molecular weight is 474 g/mol. The second-order valence-corrected chi connectivity index (χ2v) is 10.4. The molecule has 0 fully saturated rings. The van der Waals surface area contributed by atoms with E-state index in [4.69, 9.17) is 0 Å². The van der Waals surface area contributed by atoms with Crippen LogP contribution in [0.1, 0.15) is 42.0 Å². The third-order valence-electron chi connectivity index (χ3n) is 5.67. The molecule has 0 saturated carbocycles. The van der Waals surface area contributed by atoms with Gasteiger partial charge in [0.05, 0.1) is 11.9 Å². The lowest BCUT2D eigenvalue weighted by atomic mass is 10.1. The fraction of sp³-hybridized carbons (Fsp3) is 0.440. The zero-order valence-corrected chi connectivity index (χ0v) is 21.2. The molecule has 0 spiro atoms. The normalized spacial score (nSPS) is 12.2. The summed E-state index contributed by atoms with van der Waals surface area (Å²) in [6.45, 7) is 7.96. The van der Waals surface area contributed by atoms with E-state index in [2.05, 4.69) is 5.32 Å².